The van der Waals surface area contributed by atoms with Crippen LogP contribution in [-0.4, -0.2) is 12.6 Å². The third-order valence-electron chi connectivity index (χ3n) is 4.60. The third-order valence-corrected chi connectivity index (χ3v) is 4.60. The fraction of sp³-hybridized carbons (Fsp3) is 0.667. The van der Waals surface area contributed by atoms with Crippen LogP contribution in [0.15, 0.2) is 18.2 Å². The first-order chi connectivity index (χ1) is 10.3. The minimum Gasteiger partial charge on any atom is -0.493 e. The molecule has 1 heterocycles. The van der Waals surface area contributed by atoms with Gasteiger partial charge < -0.3 is 4.74 Å². The van der Waals surface area contributed by atoms with E-state index in [4.69, 9.17) is 10.6 Å². The molecule has 0 aromatic heterocycles. The molecule has 0 amide bonds. The summed E-state index contributed by atoms with van der Waals surface area (Å²) in [6, 6.07) is 7.06. The smallest absolute Gasteiger partial charge is 0.122 e. The first-order valence-electron chi connectivity index (χ1n) is 8.49. The van der Waals surface area contributed by atoms with Gasteiger partial charge in [-0.2, -0.15) is 0 Å². The minimum atomic E-state index is 0.425. The second-order valence-electron chi connectivity index (χ2n) is 6.19. The number of nitrogens with one attached hydrogen (secondary N) is 1. The zero-order valence-corrected chi connectivity index (χ0v) is 13.5. The van der Waals surface area contributed by atoms with E-state index >= 15 is 0 Å². The van der Waals surface area contributed by atoms with Crippen LogP contribution in [0.4, 0.5) is 0 Å². The minimum absolute atomic E-state index is 0.425. The molecule has 0 radical (unpaired) electrons. The Kier molecular flexibility index (Phi) is 6.52. The topological polar surface area (TPSA) is 47.3 Å². The molecular formula is C18H30N2O. The van der Waals surface area contributed by atoms with E-state index in [0.29, 0.717) is 12.0 Å². The zero-order chi connectivity index (χ0) is 15.1. The van der Waals surface area contributed by atoms with Crippen LogP contribution in [0.1, 0.15) is 57.1 Å². The fourth-order valence-electron chi connectivity index (χ4n) is 3.46. The second kappa shape index (κ2) is 8.40. The molecule has 1 aliphatic heterocycles. The summed E-state index contributed by atoms with van der Waals surface area (Å²) in [7, 11) is 0. The highest BCUT2D eigenvalue weighted by Gasteiger charge is 2.19. The summed E-state index contributed by atoms with van der Waals surface area (Å²) in [5, 5.41) is 0. The lowest BCUT2D eigenvalue weighted by atomic mass is 9.87. The number of rotatable bonds is 9. The number of hydrogen-bond acceptors (Lipinski definition) is 3. The van der Waals surface area contributed by atoms with E-state index in [9.17, 15) is 0 Å². The molecular weight excluding hydrogens is 260 g/mol. The Bertz CT molecular complexity index is 427. The zero-order valence-electron chi connectivity index (χ0n) is 13.5. The van der Waals surface area contributed by atoms with Crippen molar-refractivity contribution >= 4 is 0 Å². The number of hydrogen-bond donors (Lipinski definition) is 2. The average Bonchev–Trinajstić information content (AvgIpc) is 2.96. The van der Waals surface area contributed by atoms with E-state index in [1.54, 1.807) is 0 Å². The molecule has 0 bridgehead atoms. The van der Waals surface area contributed by atoms with Crippen molar-refractivity contribution in [2.45, 2.75) is 64.8 Å². The van der Waals surface area contributed by atoms with E-state index < -0.39 is 0 Å². The number of fused-ring (bicyclic) bond motifs is 1. The van der Waals surface area contributed by atoms with Crippen LogP contribution >= 0.6 is 0 Å². The Hall–Kier alpha value is -1.06. The summed E-state index contributed by atoms with van der Waals surface area (Å²) in [5.74, 6) is 7.59. The highest BCUT2D eigenvalue weighted by Crippen LogP contribution is 2.27. The Morgan fingerprint density at radius 1 is 1.19 bits per heavy atom. The molecule has 0 spiro atoms. The van der Waals surface area contributed by atoms with Crippen molar-refractivity contribution in [3.63, 3.8) is 0 Å². The molecule has 21 heavy (non-hydrogen) atoms. The lowest BCUT2D eigenvalue weighted by Gasteiger charge is -2.26. The maximum absolute atomic E-state index is 5.82. The van der Waals surface area contributed by atoms with Crippen LogP contribution < -0.4 is 16.0 Å². The van der Waals surface area contributed by atoms with Gasteiger partial charge in [0.15, 0.2) is 0 Å². The van der Waals surface area contributed by atoms with Gasteiger partial charge in [-0.1, -0.05) is 38.8 Å². The van der Waals surface area contributed by atoms with E-state index in [1.807, 2.05) is 0 Å². The highest BCUT2D eigenvalue weighted by atomic mass is 16.5. The Morgan fingerprint density at radius 3 is 2.62 bits per heavy atom. The van der Waals surface area contributed by atoms with Crippen LogP contribution in [0.5, 0.6) is 5.75 Å². The van der Waals surface area contributed by atoms with Gasteiger partial charge >= 0.3 is 0 Å². The van der Waals surface area contributed by atoms with Gasteiger partial charge in [0, 0.05) is 12.5 Å². The Balaban J connectivity index is 1.92. The standard InChI is InChI=1S/C18H30N2O/c1-3-5-15(6-4-2)17(20-19)9-7-14-8-10-18-16(13-14)11-12-21-18/h8,10,13,15,17,20H,3-7,9,11-12,19H2,1-2H3. The number of aryl methyl sites for hydroxylation is 1. The van der Waals surface area contributed by atoms with Crippen molar-refractivity contribution in [2.24, 2.45) is 11.8 Å². The molecule has 0 fully saturated rings. The van der Waals surface area contributed by atoms with Gasteiger partial charge in [-0.25, -0.2) is 0 Å². The van der Waals surface area contributed by atoms with E-state index in [0.717, 1.165) is 31.6 Å². The summed E-state index contributed by atoms with van der Waals surface area (Å²) < 4.78 is 5.57. The molecule has 0 aliphatic carbocycles. The number of ether oxygens (including phenoxy) is 1. The Labute approximate surface area is 129 Å². The fourth-order valence-corrected chi connectivity index (χ4v) is 3.46. The maximum Gasteiger partial charge on any atom is 0.122 e. The molecule has 3 N–H and O–H groups in total. The van der Waals surface area contributed by atoms with Crippen LogP contribution in [-0.2, 0) is 12.8 Å². The normalized spacial score (nSPS) is 15.0. The maximum atomic E-state index is 5.82. The predicted molar refractivity (Wildman–Crippen MR) is 88.4 cm³/mol. The van der Waals surface area contributed by atoms with E-state index in [-0.39, 0.29) is 0 Å². The summed E-state index contributed by atoms with van der Waals surface area (Å²) >= 11 is 0. The van der Waals surface area contributed by atoms with Crippen molar-refractivity contribution < 1.29 is 4.74 Å². The lowest BCUT2D eigenvalue weighted by Crippen LogP contribution is -2.41. The van der Waals surface area contributed by atoms with E-state index in [1.165, 1.54) is 36.8 Å². The first kappa shape index (κ1) is 16.3. The van der Waals surface area contributed by atoms with Crippen LogP contribution in [0.25, 0.3) is 0 Å². The molecule has 1 aliphatic rings. The predicted octanol–water partition coefficient (Wildman–Crippen LogP) is 3.60. The monoisotopic (exact) mass is 290 g/mol. The molecule has 1 atom stereocenters. The lowest BCUT2D eigenvalue weighted by molar-refractivity contribution is 0.299. The van der Waals surface area contributed by atoms with Crippen molar-refractivity contribution in [1.29, 1.82) is 0 Å². The van der Waals surface area contributed by atoms with Crippen molar-refractivity contribution in [2.75, 3.05) is 6.61 Å². The second-order valence-corrected chi connectivity index (χ2v) is 6.19. The van der Waals surface area contributed by atoms with Crippen molar-refractivity contribution in [1.82, 2.24) is 5.43 Å². The van der Waals surface area contributed by atoms with Crippen LogP contribution in [0.3, 0.4) is 0 Å². The molecule has 3 heteroatoms. The van der Waals surface area contributed by atoms with E-state index in [2.05, 4.69) is 37.5 Å². The van der Waals surface area contributed by atoms with Gasteiger partial charge in [0.2, 0.25) is 0 Å². The van der Waals surface area contributed by atoms with Gasteiger partial charge in [0.1, 0.15) is 5.75 Å². The molecule has 3 nitrogen and oxygen atoms in total. The molecule has 0 saturated carbocycles. The number of benzene rings is 1. The van der Waals surface area contributed by atoms with Gasteiger partial charge in [0.05, 0.1) is 6.61 Å². The summed E-state index contributed by atoms with van der Waals surface area (Å²) in [4.78, 5) is 0. The van der Waals surface area contributed by atoms with Crippen molar-refractivity contribution in [3.05, 3.63) is 29.3 Å². The van der Waals surface area contributed by atoms with Gasteiger partial charge in [-0.3, -0.25) is 11.3 Å². The van der Waals surface area contributed by atoms with Gasteiger partial charge in [0.25, 0.3) is 0 Å². The van der Waals surface area contributed by atoms with Crippen LogP contribution in [0.2, 0.25) is 0 Å². The molecule has 1 unspecified atom stereocenters. The molecule has 118 valence electrons. The van der Waals surface area contributed by atoms with Crippen LogP contribution in [0, 0.1) is 5.92 Å². The molecule has 2 rings (SSSR count). The largest absolute Gasteiger partial charge is 0.493 e. The Morgan fingerprint density at radius 2 is 1.95 bits per heavy atom. The first-order valence-corrected chi connectivity index (χ1v) is 8.49. The highest BCUT2D eigenvalue weighted by molar-refractivity contribution is 5.39. The summed E-state index contributed by atoms with van der Waals surface area (Å²) in [6.07, 6.45) is 8.25. The SMILES string of the molecule is CCCC(CCC)C(CCc1ccc2c(c1)CCO2)NN. The molecule has 1 aromatic rings. The third kappa shape index (κ3) is 4.45. The summed E-state index contributed by atoms with van der Waals surface area (Å²) in [5.41, 5.74) is 5.84. The molecule has 0 saturated heterocycles. The summed E-state index contributed by atoms with van der Waals surface area (Å²) in [6.45, 7) is 5.36. The van der Waals surface area contributed by atoms with Gasteiger partial charge in [-0.05, 0) is 48.8 Å². The quantitative estimate of drug-likeness (QED) is 0.539. The average molecular weight is 290 g/mol. The number of hydrazine groups is 1. The number of nitrogens with two attached hydrogens (primary N) is 1. The van der Waals surface area contributed by atoms with Gasteiger partial charge in [-0.15, -0.1) is 0 Å². The molecule has 1 aromatic carbocycles. The van der Waals surface area contributed by atoms with Crippen molar-refractivity contribution in [3.8, 4) is 5.75 Å².